The van der Waals surface area contributed by atoms with Gasteiger partial charge in [-0.2, -0.15) is 5.26 Å². The van der Waals surface area contributed by atoms with Gasteiger partial charge in [-0.3, -0.25) is 9.69 Å². The lowest BCUT2D eigenvalue weighted by Crippen LogP contribution is -2.44. The Morgan fingerprint density at radius 3 is 2.58 bits per heavy atom. The second-order valence-corrected chi connectivity index (χ2v) is 7.19. The molecule has 0 unspecified atom stereocenters. The molecule has 3 rings (SSSR count). The molecule has 1 heterocycles. The number of nitriles is 1. The monoisotopic (exact) mass is 325 g/mol. The summed E-state index contributed by atoms with van der Waals surface area (Å²) in [6, 6.07) is 9.84. The highest BCUT2D eigenvalue weighted by molar-refractivity contribution is 5.82. The van der Waals surface area contributed by atoms with Crippen LogP contribution in [-0.2, 0) is 11.3 Å². The SMILES string of the molecule is N#Cc1ccc(CN2CCC[C@@H]2C(=O)NCC2CCCCC2)cc1. The van der Waals surface area contributed by atoms with Gasteiger partial charge in [0, 0.05) is 13.1 Å². The smallest absolute Gasteiger partial charge is 0.237 e. The van der Waals surface area contributed by atoms with Crippen molar-refractivity contribution in [2.45, 2.75) is 57.5 Å². The lowest BCUT2D eigenvalue weighted by molar-refractivity contribution is -0.125. The standard InChI is InChI=1S/C20H27N3O/c21-13-16-8-10-18(11-9-16)15-23-12-4-7-19(23)20(24)22-14-17-5-2-1-3-6-17/h8-11,17,19H,1-7,12,14-15H2,(H,22,24)/t19-/m1/s1. The topological polar surface area (TPSA) is 56.1 Å². The molecule has 0 spiro atoms. The zero-order valence-corrected chi connectivity index (χ0v) is 14.3. The zero-order chi connectivity index (χ0) is 16.8. The molecule has 4 nitrogen and oxygen atoms in total. The van der Waals surface area contributed by atoms with Crippen molar-refractivity contribution < 1.29 is 4.79 Å². The minimum Gasteiger partial charge on any atom is -0.354 e. The Hall–Kier alpha value is -1.86. The van der Waals surface area contributed by atoms with Crippen molar-refractivity contribution in [3.63, 3.8) is 0 Å². The summed E-state index contributed by atoms with van der Waals surface area (Å²) < 4.78 is 0. The number of rotatable bonds is 5. The maximum atomic E-state index is 12.6. The van der Waals surface area contributed by atoms with Crippen LogP contribution in [0.15, 0.2) is 24.3 Å². The first kappa shape index (κ1) is 17.0. The number of nitrogens with zero attached hydrogens (tertiary/aromatic N) is 2. The van der Waals surface area contributed by atoms with Gasteiger partial charge in [-0.1, -0.05) is 31.4 Å². The van der Waals surface area contributed by atoms with E-state index in [4.69, 9.17) is 5.26 Å². The van der Waals surface area contributed by atoms with Crippen LogP contribution in [0, 0.1) is 17.2 Å². The number of benzene rings is 1. The van der Waals surface area contributed by atoms with Gasteiger partial charge in [0.05, 0.1) is 17.7 Å². The molecule has 1 aliphatic heterocycles. The van der Waals surface area contributed by atoms with Gasteiger partial charge in [-0.05, 0) is 55.8 Å². The molecule has 1 saturated carbocycles. The van der Waals surface area contributed by atoms with Crippen LogP contribution in [0.3, 0.4) is 0 Å². The van der Waals surface area contributed by atoms with Gasteiger partial charge in [-0.25, -0.2) is 0 Å². The van der Waals surface area contributed by atoms with Gasteiger partial charge in [0.25, 0.3) is 0 Å². The van der Waals surface area contributed by atoms with E-state index < -0.39 is 0 Å². The summed E-state index contributed by atoms with van der Waals surface area (Å²) in [5.41, 5.74) is 1.85. The van der Waals surface area contributed by atoms with Crippen molar-refractivity contribution in [2.75, 3.05) is 13.1 Å². The van der Waals surface area contributed by atoms with Crippen molar-refractivity contribution >= 4 is 5.91 Å². The number of hydrogen-bond acceptors (Lipinski definition) is 3. The lowest BCUT2D eigenvalue weighted by atomic mass is 9.89. The molecule has 0 aromatic heterocycles. The molecule has 2 aliphatic rings. The Morgan fingerprint density at radius 2 is 1.88 bits per heavy atom. The molecule has 1 aliphatic carbocycles. The minimum atomic E-state index is 0.00392. The van der Waals surface area contributed by atoms with Crippen LogP contribution in [-0.4, -0.2) is 29.9 Å². The summed E-state index contributed by atoms with van der Waals surface area (Å²) >= 11 is 0. The first-order chi connectivity index (χ1) is 11.8. The molecular formula is C20H27N3O. The minimum absolute atomic E-state index is 0.00392. The molecule has 1 amide bonds. The summed E-state index contributed by atoms with van der Waals surface area (Å²) in [7, 11) is 0. The molecule has 128 valence electrons. The third-order valence-electron chi connectivity index (χ3n) is 5.42. The highest BCUT2D eigenvalue weighted by atomic mass is 16.2. The van der Waals surface area contributed by atoms with Crippen LogP contribution in [0.1, 0.15) is 56.1 Å². The Balaban J connectivity index is 1.52. The van der Waals surface area contributed by atoms with Gasteiger partial charge < -0.3 is 5.32 Å². The maximum absolute atomic E-state index is 12.6. The number of carbonyl (C=O) groups is 1. The Labute approximate surface area is 144 Å². The van der Waals surface area contributed by atoms with Gasteiger partial charge in [0.2, 0.25) is 5.91 Å². The van der Waals surface area contributed by atoms with Crippen molar-refractivity contribution in [2.24, 2.45) is 5.92 Å². The van der Waals surface area contributed by atoms with E-state index in [2.05, 4.69) is 16.3 Å². The van der Waals surface area contributed by atoms with Gasteiger partial charge in [0.15, 0.2) is 0 Å². The van der Waals surface area contributed by atoms with Gasteiger partial charge in [0.1, 0.15) is 0 Å². The molecule has 24 heavy (non-hydrogen) atoms. The summed E-state index contributed by atoms with van der Waals surface area (Å²) in [4.78, 5) is 14.9. The number of amides is 1. The quantitative estimate of drug-likeness (QED) is 0.904. The molecular weight excluding hydrogens is 298 g/mol. The summed E-state index contributed by atoms with van der Waals surface area (Å²) in [6.45, 7) is 2.61. The highest BCUT2D eigenvalue weighted by Crippen LogP contribution is 2.24. The molecule has 4 heteroatoms. The summed E-state index contributed by atoms with van der Waals surface area (Å²) in [5.74, 6) is 0.878. The molecule has 2 fully saturated rings. The molecule has 1 aromatic carbocycles. The molecule has 0 bridgehead atoms. The van der Waals surface area contributed by atoms with Crippen molar-refractivity contribution in [3.05, 3.63) is 35.4 Å². The third kappa shape index (κ3) is 4.36. The van der Waals surface area contributed by atoms with Crippen LogP contribution in [0.2, 0.25) is 0 Å². The van der Waals surface area contributed by atoms with E-state index in [1.165, 1.54) is 37.7 Å². The zero-order valence-electron chi connectivity index (χ0n) is 14.3. The fourth-order valence-electron chi connectivity index (χ4n) is 3.99. The number of hydrogen-bond donors (Lipinski definition) is 1. The first-order valence-electron chi connectivity index (χ1n) is 9.27. The van der Waals surface area contributed by atoms with Gasteiger partial charge in [-0.15, -0.1) is 0 Å². The second kappa shape index (κ2) is 8.30. The van der Waals surface area contributed by atoms with Crippen LogP contribution < -0.4 is 5.32 Å². The summed E-state index contributed by atoms with van der Waals surface area (Å²) in [5, 5.41) is 12.1. The average Bonchev–Trinajstić information content (AvgIpc) is 3.09. The number of carbonyl (C=O) groups excluding carboxylic acids is 1. The second-order valence-electron chi connectivity index (χ2n) is 7.19. The molecule has 1 N–H and O–H groups in total. The first-order valence-corrected chi connectivity index (χ1v) is 9.27. The molecule has 1 aromatic rings. The van der Waals surface area contributed by atoms with E-state index in [1.807, 2.05) is 24.3 Å². The Bertz CT molecular complexity index is 584. The largest absolute Gasteiger partial charge is 0.354 e. The molecule has 1 atom stereocenters. The predicted octanol–water partition coefficient (Wildman–Crippen LogP) is 3.22. The number of nitrogens with one attached hydrogen (secondary N) is 1. The van der Waals surface area contributed by atoms with Gasteiger partial charge >= 0.3 is 0 Å². The normalized spacial score (nSPS) is 22.2. The van der Waals surface area contributed by atoms with E-state index in [0.29, 0.717) is 11.5 Å². The van der Waals surface area contributed by atoms with Crippen LogP contribution >= 0.6 is 0 Å². The van der Waals surface area contributed by atoms with Crippen molar-refractivity contribution in [3.8, 4) is 6.07 Å². The van der Waals surface area contributed by atoms with Crippen LogP contribution in [0.25, 0.3) is 0 Å². The van der Waals surface area contributed by atoms with E-state index in [9.17, 15) is 4.79 Å². The van der Waals surface area contributed by atoms with E-state index in [0.717, 1.165) is 32.5 Å². The predicted molar refractivity (Wildman–Crippen MR) is 94.2 cm³/mol. The van der Waals surface area contributed by atoms with E-state index in [1.54, 1.807) is 0 Å². The highest BCUT2D eigenvalue weighted by Gasteiger charge is 2.30. The Morgan fingerprint density at radius 1 is 1.12 bits per heavy atom. The number of likely N-dealkylation sites (tertiary alicyclic amines) is 1. The average molecular weight is 325 g/mol. The Kier molecular flexibility index (Phi) is 5.87. The molecule has 0 radical (unpaired) electrons. The van der Waals surface area contributed by atoms with E-state index in [-0.39, 0.29) is 11.9 Å². The third-order valence-corrected chi connectivity index (χ3v) is 5.42. The lowest BCUT2D eigenvalue weighted by Gasteiger charge is -2.26. The van der Waals surface area contributed by atoms with Crippen molar-refractivity contribution in [1.82, 2.24) is 10.2 Å². The summed E-state index contributed by atoms with van der Waals surface area (Å²) in [6.07, 6.45) is 8.54. The maximum Gasteiger partial charge on any atom is 0.237 e. The van der Waals surface area contributed by atoms with Crippen molar-refractivity contribution in [1.29, 1.82) is 5.26 Å². The van der Waals surface area contributed by atoms with Crippen LogP contribution in [0.5, 0.6) is 0 Å². The fraction of sp³-hybridized carbons (Fsp3) is 0.600. The fourth-order valence-corrected chi connectivity index (χ4v) is 3.99. The van der Waals surface area contributed by atoms with Crippen LogP contribution in [0.4, 0.5) is 0 Å². The molecule has 1 saturated heterocycles. The van der Waals surface area contributed by atoms with E-state index >= 15 is 0 Å².